The Morgan fingerprint density at radius 3 is 2.69 bits per heavy atom. The van der Waals surface area contributed by atoms with Crippen molar-refractivity contribution in [3.8, 4) is 0 Å². The first-order chi connectivity index (χ1) is 6.18. The number of hydrogen-bond donors (Lipinski definition) is 2. The van der Waals surface area contributed by atoms with Crippen LogP contribution >= 0.6 is 0 Å². The number of hydrogen-bond acceptors (Lipinski definition) is 2. The molecule has 0 unspecified atom stereocenters. The number of aliphatic imine (C=N–C) groups is 1. The summed E-state index contributed by atoms with van der Waals surface area (Å²) in [5.41, 5.74) is 5.61. The van der Waals surface area contributed by atoms with Gasteiger partial charge < -0.3 is 11.1 Å². The lowest BCUT2D eigenvalue weighted by Gasteiger charge is -2.21. The van der Waals surface area contributed by atoms with Gasteiger partial charge in [-0.05, 0) is 31.8 Å². The fourth-order valence-corrected chi connectivity index (χ4v) is 1.63. The molecule has 1 aliphatic heterocycles. The van der Waals surface area contributed by atoms with Crippen molar-refractivity contribution in [2.45, 2.75) is 26.2 Å². The third kappa shape index (κ3) is 4.03. The number of piperidine rings is 1. The highest BCUT2D eigenvalue weighted by Crippen LogP contribution is 2.15. The summed E-state index contributed by atoms with van der Waals surface area (Å²) in [5, 5.41) is 3.28. The Balaban J connectivity index is 2.33. The molecule has 0 spiro atoms. The van der Waals surface area contributed by atoms with Gasteiger partial charge in [0.15, 0.2) is 0 Å². The van der Waals surface area contributed by atoms with Crippen LogP contribution < -0.4 is 11.1 Å². The van der Waals surface area contributed by atoms with Crippen LogP contribution in [0.4, 0.5) is 0 Å². The van der Waals surface area contributed by atoms with Gasteiger partial charge >= 0.3 is 0 Å². The first-order valence-corrected chi connectivity index (χ1v) is 4.73. The molecule has 1 rings (SSSR count). The molecule has 74 valence electrons. The van der Waals surface area contributed by atoms with Crippen molar-refractivity contribution < 1.29 is 4.79 Å². The van der Waals surface area contributed by atoms with E-state index in [0.29, 0.717) is 11.8 Å². The average Bonchev–Trinajstić information content (AvgIpc) is 2.04. The maximum Gasteiger partial charge on any atom is 0.244 e. The van der Waals surface area contributed by atoms with Crippen LogP contribution in [-0.2, 0) is 4.79 Å². The normalized spacial score (nSPS) is 20.2. The quantitative estimate of drug-likeness (QED) is 0.477. The highest BCUT2D eigenvalue weighted by Gasteiger charge is 2.14. The fraction of sp³-hybridized carbons (Fsp3) is 0.778. The van der Waals surface area contributed by atoms with Crippen LogP contribution in [0.15, 0.2) is 4.99 Å². The molecule has 0 saturated carbocycles. The first kappa shape index (κ1) is 10.2. The summed E-state index contributed by atoms with van der Waals surface area (Å²) in [7, 11) is 0. The number of rotatable bonds is 2. The third-order valence-corrected chi connectivity index (χ3v) is 2.26. The predicted molar refractivity (Wildman–Crippen MR) is 52.5 cm³/mol. The van der Waals surface area contributed by atoms with E-state index in [4.69, 9.17) is 5.73 Å². The SMILES string of the molecule is CC(=O)N=C(N)CC1CCNCC1. The molecular weight excluding hydrogens is 166 g/mol. The monoisotopic (exact) mass is 183 g/mol. The number of amidine groups is 1. The molecule has 1 saturated heterocycles. The number of amides is 1. The third-order valence-electron chi connectivity index (χ3n) is 2.26. The van der Waals surface area contributed by atoms with Gasteiger partial charge in [0.1, 0.15) is 5.84 Å². The van der Waals surface area contributed by atoms with Gasteiger partial charge in [-0.3, -0.25) is 4.79 Å². The fourth-order valence-electron chi connectivity index (χ4n) is 1.63. The van der Waals surface area contributed by atoms with Gasteiger partial charge in [0.05, 0.1) is 0 Å². The van der Waals surface area contributed by atoms with Crippen LogP contribution in [0.5, 0.6) is 0 Å². The minimum Gasteiger partial charge on any atom is -0.387 e. The average molecular weight is 183 g/mol. The van der Waals surface area contributed by atoms with Crippen molar-refractivity contribution in [2.24, 2.45) is 16.6 Å². The molecule has 4 heteroatoms. The van der Waals surface area contributed by atoms with Crippen molar-refractivity contribution in [3.63, 3.8) is 0 Å². The van der Waals surface area contributed by atoms with Crippen LogP contribution in [0.3, 0.4) is 0 Å². The Morgan fingerprint density at radius 1 is 1.54 bits per heavy atom. The Hall–Kier alpha value is -0.900. The molecule has 0 aliphatic carbocycles. The Bertz CT molecular complexity index is 207. The van der Waals surface area contributed by atoms with Crippen molar-refractivity contribution >= 4 is 11.7 Å². The standard InChI is InChI=1S/C9H17N3O/c1-7(13)12-9(10)6-8-2-4-11-5-3-8/h8,11H,2-6H2,1H3,(H2,10,12,13). The Kier molecular flexibility index (Phi) is 3.89. The molecule has 1 aliphatic rings. The molecule has 0 atom stereocenters. The largest absolute Gasteiger partial charge is 0.387 e. The van der Waals surface area contributed by atoms with Gasteiger partial charge in [-0.1, -0.05) is 0 Å². The topological polar surface area (TPSA) is 67.5 Å². The number of carbonyl (C=O) groups excluding carboxylic acids is 1. The van der Waals surface area contributed by atoms with E-state index < -0.39 is 0 Å². The van der Waals surface area contributed by atoms with E-state index in [1.165, 1.54) is 6.92 Å². The summed E-state index contributed by atoms with van der Waals surface area (Å²) in [6.07, 6.45) is 3.03. The van der Waals surface area contributed by atoms with Gasteiger partial charge in [-0.2, -0.15) is 0 Å². The lowest BCUT2D eigenvalue weighted by atomic mass is 9.94. The van der Waals surface area contributed by atoms with E-state index in [1.807, 2.05) is 0 Å². The number of nitrogens with two attached hydrogens (primary N) is 1. The van der Waals surface area contributed by atoms with E-state index in [2.05, 4.69) is 10.3 Å². The van der Waals surface area contributed by atoms with Gasteiger partial charge in [-0.15, -0.1) is 0 Å². The Labute approximate surface area is 78.6 Å². The van der Waals surface area contributed by atoms with Crippen molar-refractivity contribution in [1.29, 1.82) is 0 Å². The van der Waals surface area contributed by atoms with Crippen LogP contribution in [0, 0.1) is 5.92 Å². The molecule has 0 aromatic heterocycles. The van der Waals surface area contributed by atoms with Crippen molar-refractivity contribution in [3.05, 3.63) is 0 Å². The molecule has 0 aromatic rings. The number of carbonyl (C=O) groups is 1. The summed E-state index contributed by atoms with van der Waals surface area (Å²) >= 11 is 0. The Morgan fingerprint density at radius 2 is 2.15 bits per heavy atom. The summed E-state index contributed by atoms with van der Waals surface area (Å²) in [6, 6.07) is 0. The smallest absolute Gasteiger partial charge is 0.244 e. The van der Waals surface area contributed by atoms with E-state index in [9.17, 15) is 4.79 Å². The van der Waals surface area contributed by atoms with E-state index in [0.717, 1.165) is 32.4 Å². The zero-order valence-corrected chi connectivity index (χ0v) is 8.05. The van der Waals surface area contributed by atoms with Crippen LogP contribution in [0.25, 0.3) is 0 Å². The van der Waals surface area contributed by atoms with E-state index in [-0.39, 0.29) is 5.91 Å². The lowest BCUT2D eigenvalue weighted by molar-refractivity contribution is -0.115. The van der Waals surface area contributed by atoms with Crippen LogP contribution in [-0.4, -0.2) is 24.8 Å². The highest BCUT2D eigenvalue weighted by molar-refractivity contribution is 5.92. The molecule has 13 heavy (non-hydrogen) atoms. The van der Waals surface area contributed by atoms with Gasteiger partial charge in [0.25, 0.3) is 0 Å². The van der Waals surface area contributed by atoms with E-state index in [1.54, 1.807) is 0 Å². The van der Waals surface area contributed by atoms with Crippen molar-refractivity contribution in [2.75, 3.05) is 13.1 Å². The molecule has 0 aromatic carbocycles. The maximum atomic E-state index is 10.6. The van der Waals surface area contributed by atoms with E-state index >= 15 is 0 Å². The molecule has 0 bridgehead atoms. The highest BCUT2D eigenvalue weighted by atomic mass is 16.1. The molecular formula is C9H17N3O. The lowest BCUT2D eigenvalue weighted by Crippen LogP contribution is -2.30. The molecule has 4 nitrogen and oxygen atoms in total. The zero-order chi connectivity index (χ0) is 9.68. The first-order valence-electron chi connectivity index (χ1n) is 4.73. The minimum absolute atomic E-state index is 0.202. The number of nitrogens with zero attached hydrogens (tertiary/aromatic N) is 1. The second-order valence-electron chi connectivity index (χ2n) is 3.52. The van der Waals surface area contributed by atoms with Crippen LogP contribution in [0.1, 0.15) is 26.2 Å². The maximum absolute atomic E-state index is 10.6. The van der Waals surface area contributed by atoms with Gasteiger partial charge in [0.2, 0.25) is 5.91 Å². The minimum atomic E-state index is -0.202. The molecule has 1 amide bonds. The summed E-state index contributed by atoms with van der Waals surface area (Å²) in [5.74, 6) is 0.884. The summed E-state index contributed by atoms with van der Waals surface area (Å²) in [6.45, 7) is 3.53. The molecule has 1 fully saturated rings. The molecule has 1 heterocycles. The second-order valence-corrected chi connectivity index (χ2v) is 3.52. The summed E-state index contributed by atoms with van der Waals surface area (Å²) in [4.78, 5) is 14.3. The van der Waals surface area contributed by atoms with Gasteiger partial charge in [-0.25, -0.2) is 4.99 Å². The predicted octanol–water partition coefficient (Wildman–Crippen LogP) is 0.280. The summed E-state index contributed by atoms with van der Waals surface area (Å²) < 4.78 is 0. The van der Waals surface area contributed by atoms with Gasteiger partial charge in [0, 0.05) is 13.3 Å². The second kappa shape index (κ2) is 4.97. The van der Waals surface area contributed by atoms with Crippen molar-refractivity contribution in [1.82, 2.24) is 5.32 Å². The van der Waals surface area contributed by atoms with Crippen LogP contribution in [0.2, 0.25) is 0 Å². The zero-order valence-electron chi connectivity index (χ0n) is 8.05. The molecule has 0 radical (unpaired) electrons. The number of nitrogens with one attached hydrogen (secondary N) is 1. The molecule has 3 N–H and O–H groups in total.